The Hall–Kier alpha value is -1.89. The Bertz CT molecular complexity index is 609. The van der Waals surface area contributed by atoms with Crippen LogP contribution < -0.4 is 0 Å². The Morgan fingerprint density at radius 3 is 2.41 bits per heavy atom. The number of amides is 1. The molecule has 2 aromatic rings. The Labute approximate surface area is 130 Å². The van der Waals surface area contributed by atoms with Crippen molar-refractivity contribution in [2.24, 2.45) is 0 Å². The van der Waals surface area contributed by atoms with Gasteiger partial charge in [0.1, 0.15) is 12.3 Å². The van der Waals surface area contributed by atoms with Gasteiger partial charge in [0.15, 0.2) is 0 Å². The van der Waals surface area contributed by atoms with E-state index in [9.17, 15) is 18.0 Å². The van der Waals surface area contributed by atoms with Crippen LogP contribution in [-0.4, -0.2) is 29.8 Å². The van der Waals surface area contributed by atoms with Crippen molar-refractivity contribution in [3.8, 4) is 0 Å². The van der Waals surface area contributed by atoms with Crippen LogP contribution >= 0.6 is 11.8 Å². The maximum atomic E-state index is 12.7. The zero-order valence-electron chi connectivity index (χ0n) is 11.8. The molecule has 0 fully saturated rings. The van der Waals surface area contributed by atoms with Gasteiger partial charge in [-0.1, -0.05) is 0 Å². The molecular formula is C15H14F3NO2S. The third kappa shape index (κ3) is 4.56. The van der Waals surface area contributed by atoms with Crippen molar-refractivity contribution in [1.82, 2.24) is 4.90 Å². The molecule has 1 aromatic heterocycles. The molecule has 0 N–H and O–H groups in total. The van der Waals surface area contributed by atoms with Crippen LogP contribution in [0.5, 0.6) is 0 Å². The number of benzene rings is 1. The molecule has 3 nitrogen and oxygen atoms in total. The molecule has 22 heavy (non-hydrogen) atoms. The molecule has 1 aromatic carbocycles. The normalized spacial score (nSPS) is 11.5. The molecule has 0 spiro atoms. The molecule has 0 radical (unpaired) electrons. The summed E-state index contributed by atoms with van der Waals surface area (Å²) in [4.78, 5) is 14.0. The van der Waals surface area contributed by atoms with Crippen molar-refractivity contribution < 1.29 is 22.4 Å². The molecule has 2 rings (SSSR count). The Morgan fingerprint density at radius 1 is 1.23 bits per heavy atom. The highest BCUT2D eigenvalue weighted by molar-refractivity contribution is 7.98. The van der Waals surface area contributed by atoms with Gasteiger partial charge in [-0.25, -0.2) is 0 Å². The number of carbonyl (C=O) groups is 1. The first-order valence-corrected chi connectivity index (χ1v) is 7.64. The molecule has 0 aliphatic carbocycles. The lowest BCUT2D eigenvalue weighted by molar-refractivity contribution is -0.142. The lowest BCUT2D eigenvalue weighted by Crippen LogP contribution is -2.38. The van der Waals surface area contributed by atoms with Gasteiger partial charge in [-0.3, -0.25) is 4.79 Å². The molecule has 0 atom stereocenters. The van der Waals surface area contributed by atoms with Crippen molar-refractivity contribution in [3.05, 3.63) is 54.0 Å². The highest BCUT2D eigenvalue weighted by atomic mass is 32.2. The van der Waals surface area contributed by atoms with Gasteiger partial charge in [0.05, 0.1) is 12.8 Å². The van der Waals surface area contributed by atoms with Gasteiger partial charge >= 0.3 is 6.18 Å². The number of carbonyl (C=O) groups excluding carboxylic acids is 1. The van der Waals surface area contributed by atoms with Gasteiger partial charge < -0.3 is 9.32 Å². The monoisotopic (exact) mass is 329 g/mol. The van der Waals surface area contributed by atoms with Gasteiger partial charge in [-0.2, -0.15) is 13.2 Å². The predicted molar refractivity (Wildman–Crippen MR) is 77.7 cm³/mol. The first-order valence-electron chi connectivity index (χ1n) is 6.41. The quantitative estimate of drug-likeness (QED) is 0.771. The Kier molecular flexibility index (Phi) is 5.18. The van der Waals surface area contributed by atoms with Gasteiger partial charge in [-0.15, -0.1) is 11.8 Å². The van der Waals surface area contributed by atoms with Crippen molar-refractivity contribution in [2.45, 2.75) is 17.6 Å². The van der Waals surface area contributed by atoms with Crippen LogP contribution in [0.3, 0.4) is 0 Å². The molecule has 0 aliphatic rings. The fourth-order valence-corrected chi connectivity index (χ4v) is 2.33. The number of alkyl halides is 3. The summed E-state index contributed by atoms with van der Waals surface area (Å²) < 4.78 is 43.1. The zero-order valence-corrected chi connectivity index (χ0v) is 12.6. The SMILES string of the molecule is CSc1ccc(C(=O)N(Cc2ccco2)CC(F)(F)F)cc1. The second-order valence-electron chi connectivity index (χ2n) is 4.58. The van der Waals surface area contributed by atoms with Crippen LogP contribution in [0, 0.1) is 0 Å². The lowest BCUT2D eigenvalue weighted by atomic mass is 10.2. The lowest BCUT2D eigenvalue weighted by Gasteiger charge is -2.23. The second-order valence-corrected chi connectivity index (χ2v) is 5.46. The fraction of sp³-hybridized carbons (Fsp3) is 0.267. The van der Waals surface area contributed by atoms with E-state index in [1.54, 1.807) is 18.2 Å². The summed E-state index contributed by atoms with van der Waals surface area (Å²) in [5.41, 5.74) is 0.216. The summed E-state index contributed by atoms with van der Waals surface area (Å²) >= 11 is 1.49. The van der Waals surface area contributed by atoms with Crippen LogP contribution in [-0.2, 0) is 6.54 Å². The van der Waals surface area contributed by atoms with Crippen molar-refractivity contribution in [1.29, 1.82) is 0 Å². The molecule has 118 valence electrons. The van der Waals surface area contributed by atoms with E-state index < -0.39 is 18.6 Å². The highest BCUT2D eigenvalue weighted by Crippen LogP contribution is 2.21. The molecule has 0 bridgehead atoms. The minimum Gasteiger partial charge on any atom is -0.467 e. The molecule has 1 amide bonds. The first-order chi connectivity index (χ1) is 10.4. The maximum Gasteiger partial charge on any atom is 0.406 e. The minimum atomic E-state index is -4.47. The van der Waals surface area contributed by atoms with Gasteiger partial charge in [-0.05, 0) is 42.7 Å². The number of rotatable bonds is 5. The molecule has 0 aliphatic heterocycles. The standard InChI is InChI=1S/C15H14F3NO2S/c1-22-13-6-4-11(5-7-13)14(20)19(10-15(16,17)18)9-12-3-2-8-21-12/h2-8H,9-10H2,1H3. The van der Waals surface area contributed by atoms with Crippen molar-refractivity contribution in [3.63, 3.8) is 0 Å². The van der Waals surface area contributed by atoms with Gasteiger partial charge in [0.25, 0.3) is 5.91 Å². The fourth-order valence-electron chi connectivity index (χ4n) is 1.92. The van der Waals surface area contributed by atoms with E-state index in [1.807, 2.05) is 6.26 Å². The van der Waals surface area contributed by atoms with Crippen LogP contribution in [0.25, 0.3) is 0 Å². The number of furan rings is 1. The van der Waals surface area contributed by atoms with E-state index >= 15 is 0 Å². The van der Waals surface area contributed by atoms with Crippen LogP contribution in [0.15, 0.2) is 52.0 Å². The number of nitrogens with zero attached hydrogens (tertiary/aromatic N) is 1. The average molecular weight is 329 g/mol. The third-order valence-electron chi connectivity index (χ3n) is 2.92. The summed E-state index contributed by atoms with van der Waals surface area (Å²) in [7, 11) is 0. The van der Waals surface area contributed by atoms with Gasteiger partial charge in [0.2, 0.25) is 0 Å². The molecule has 0 saturated carbocycles. The summed E-state index contributed by atoms with van der Waals surface area (Å²) in [5, 5.41) is 0. The number of hydrogen-bond donors (Lipinski definition) is 0. The van der Waals surface area contributed by atoms with Gasteiger partial charge in [0, 0.05) is 10.5 Å². The topological polar surface area (TPSA) is 33.5 Å². The van der Waals surface area contributed by atoms with E-state index in [-0.39, 0.29) is 12.1 Å². The molecule has 0 unspecified atom stereocenters. The van der Waals surface area contributed by atoms with Crippen molar-refractivity contribution in [2.75, 3.05) is 12.8 Å². The highest BCUT2D eigenvalue weighted by Gasteiger charge is 2.33. The van der Waals surface area contributed by atoms with E-state index in [2.05, 4.69) is 0 Å². The number of halogens is 3. The third-order valence-corrected chi connectivity index (χ3v) is 3.66. The summed E-state index contributed by atoms with van der Waals surface area (Å²) in [5.74, 6) is -0.375. The van der Waals surface area contributed by atoms with Crippen LogP contribution in [0.1, 0.15) is 16.1 Å². The van der Waals surface area contributed by atoms with Crippen LogP contribution in [0.4, 0.5) is 13.2 Å². The van der Waals surface area contributed by atoms with E-state index in [4.69, 9.17) is 4.42 Å². The second kappa shape index (κ2) is 6.91. The molecule has 0 saturated heterocycles. The number of hydrogen-bond acceptors (Lipinski definition) is 3. The summed E-state index contributed by atoms with van der Waals surface area (Å²) in [6.45, 7) is -1.55. The van der Waals surface area contributed by atoms with E-state index in [1.165, 1.54) is 36.2 Å². The maximum absolute atomic E-state index is 12.7. The van der Waals surface area contributed by atoms with E-state index in [0.717, 1.165) is 9.80 Å². The first kappa shape index (κ1) is 16.5. The molecular weight excluding hydrogens is 315 g/mol. The smallest absolute Gasteiger partial charge is 0.406 e. The summed E-state index contributed by atoms with van der Waals surface area (Å²) in [6.07, 6.45) is -1.23. The van der Waals surface area contributed by atoms with E-state index in [0.29, 0.717) is 5.76 Å². The molecule has 7 heteroatoms. The largest absolute Gasteiger partial charge is 0.467 e. The Balaban J connectivity index is 2.20. The molecule has 1 heterocycles. The minimum absolute atomic E-state index is 0.216. The predicted octanol–water partition coefficient (Wildman–Crippen LogP) is 4.21. The number of thioether (sulfide) groups is 1. The average Bonchev–Trinajstić information content (AvgIpc) is 2.97. The van der Waals surface area contributed by atoms with Crippen molar-refractivity contribution >= 4 is 17.7 Å². The zero-order chi connectivity index (χ0) is 16.2. The Morgan fingerprint density at radius 2 is 1.91 bits per heavy atom. The van der Waals surface area contributed by atoms with Crippen LogP contribution in [0.2, 0.25) is 0 Å². The summed E-state index contributed by atoms with van der Waals surface area (Å²) in [6, 6.07) is 9.57.